The van der Waals surface area contributed by atoms with Gasteiger partial charge in [0.15, 0.2) is 6.10 Å². The second-order valence-electron chi connectivity index (χ2n) is 5.70. The number of ether oxygens (including phenoxy) is 1. The van der Waals surface area contributed by atoms with Crippen LogP contribution in [-0.4, -0.2) is 30.0 Å². The molecule has 1 aromatic carbocycles. The zero-order valence-electron chi connectivity index (χ0n) is 12.8. The average Bonchev–Trinajstić information content (AvgIpc) is 2.72. The standard InChI is InChI=1S/C17H25NO2/c1-13-9-8-10-16(14(13)2)20-15(3)17(19)18-11-6-4-5-7-12-18/h8-10,15H,4-7,11-12H2,1-3H3. The summed E-state index contributed by atoms with van der Waals surface area (Å²) >= 11 is 0. The van der Waals surface area contributed by atoms with Crippen LogP contribution in [0.3, 0.4) is 0 Å². The predicted octanol–water partition coefficient (Wildman–Crippen LogP) is 3.47. The quantitative estimate of drug-likeness (QED) is 0.845. The monoisotopic (exact) mass is 275 g/mol. The zero-order chi connectivity index (χ0) is 14.5. The van der Waals surface area contributed by atoms with Gasteiger partial charge < -0.3 is 9.64 Å². The third-order valence-corrected chi connectivity index (χ3v) is 4.12. The lowest BCUT2D eigenvalue weighted by Crippen LogP contribution is -2.41. The summed E-state index contributed by atoms with van der Waals surface area (Å²) in [6.07, 6.45) is 4.28. The van der Waals surface area contributed by atoms with Gasteiger partial charge in [-0.15, -0.1) is 0 Å². The van der Waals surface area contributed by atoms with E-state index in [0.717, 1.165) is 37.2 Å². The number of benzene rings is 1. The predicted molar refractivity (Wildman–Crippen MR) is 81.1 cm³/mol. The second-order valence-corrected chi connectivity index (χ2v) is 5.70. The molecule has 1 heterocycles. The van der Waals surface area contributed by atoms with Crippen molar-refractivity contribution in [2.45, 2.75) is 52.6 Å². The maximum Gasteiger partial charge on any atom is 0.263 e. The van der Waals surface area contributed by atoms with Crippen molar-refractivity contribution in [3.05, 3.63) is 29.3 Å². The molecule has 0 radical (unpaired) electrons. The summed E-state index contributed by atoms with van der Waals surface area (Å²) in [5.74, 6) is 0.938. The average molecular weight is 275 g/mol. The van der Waals surface area contributed by atoms with Crippen LogP contribution in [0, 0.1) is 13.8 Å². The van der Waals surface area contributed by atoms with Gasteiger partial charge in [-0.1, -0.05) is 25.0 Å². The van der Waals surface area contributed by atoms with E-state index in [1.807, 2.05) is 30.9 Å². The van der Waals surface area contributed by atoms with E-state index in [1.54, 1.807) is 0 Å². The first-order valence-electron chi connectivity index (χ1n) is 7.61. The number of rotatable bonds is 3. The van der Waals surface area contributed by atoms with Gasteiger partial charge in [0.25, 0.3) is 5.91 Å². The molecule has 0 saturated carbocycles. The fourth-order valence-corrected chi connectivity index (χ4v) is 2.64. The maximum absolute atomic E-state index is 12.5. The highest BCUT2D eigenvalue weighted by Crippen LogP contribution is 2.22. The molecule has 3 heteroatoms. The van der Waals surface area contributed by atoms with Crippen molar-refractivity contribution in [3.63, 3.8) is 0 Å². The van der Waals surface area contributed by atoms with Gasteiger partial charge in [0.2, 0.25) is 0 Å². The van der Waals surface area contributed by atoms with Crippen molar-refractivity contribution in [3.8, 4) is 5.75 Å². The van der Waals surface area contributed by atoms with E-state index in [-0.39, 0.29) is 5.91 Å². The molecule has 110 valence electrons. The Balaban J connectivity index is 2.01. The molecule has 2 rings (SSSR count). The molecule has 1 amide bonds. The summed E-state index contributed by atoms with van der Waals surface area (Å²) in [6.45, 7) is 7.70. The lowest BCUT2D eigenvalue weighted by atomic mass is 10.1. The van der Waals surface area contributed by atoms with Crippen LogP contribution in [0.1, 0.15) is 43.7 Å². The van der Waals surface area contributed by atoms with Crippen molar-refractivity contribution in [1.82, 2.24) is 4.90 Å². The minimum atomic E-state index is -0.409. The fourth-order valence-electron chi connectivity index (χ4n) is 2.64. The summed E-state index contributed by atoms with van der Waals surface area (Å²) in [4.78, 5) is 14.4. The molecule has 3 nitrogen and oxygen atoms in total. The normalized spacial score (nSPS) is 17.4. The molecule has 0 aliphatic carbocycles. The van der Waals surface area contributed by atoms with Crippen LogP contribution in [0.2, 0.25) is 0 Å². The van der Waals surface area contributed by atoms with Crippen molar-refractivity contribution >= 4 is 5.91 Å². The van der Waals surface area contributed by atoms with Gasteiger partial charge in [0.1, 0.15) is 5.75 Å². The molecule has 1 aliphatic heterocycles. The lowest BCUT2D eigenvalue weighted by Gasteiger charge is -2.25. The first-order valence-corrected chi connectivity index (χ1v) is 7.61. The molecule has 0 N–H and O–H groups in total. The molecule has 20 heavy (non-hydrogen) atoms. The third-order valence-electron chi connectivity index (χ3n) is 4.12. The molecule has 1 atom stereocenters. The number of carbonyl (C=O) groups excluding carboxylic acids is 1. The molecule has 1 aromatic rings. The minimum absolute atomic E-state index is 0.118. The number of amides is 1. The Labute approximate surface area is 121 Å². The van der Waals surface area contributed by atoms with Gasteiger partial charge in [-0.05, 0) is 50.8 Å². The highest BCUT2D eigenvalue weighted by atomic mass is 16.5. The molecule has 1 unspecified atom stereocenters. The van der Waals surface area contributed by atoms with Gasteiger partial charge >= 0.3 is 0 Å². The van der Waals surface area contributed by atoms with Crippen LogP contribution in [0.15, 0.2) is 18.2 Å². The van der Waals surface area contributed by atoms with Gasteiger partial charge in [0, 0.05) is 13.1 Å². The molecule has 1 aliphatic rings. The summed E-state index contributed by atoms with van der Waals surface area (Å²) in [5, 5.41) is 0. The number of carbonyl (C=O) groups is 1. The topological polar surface area (TPSA) is 29.5 Å². The second kappa shape index (κ2) is 6.78. The molecular formula is C17H25NO2. The summed E-state index contributed by atoms with van der Waals surface area (Å²) < 4.78 is 5.89. The summed E-state index contributed by atoms with van der Waals surface area (Å²) in [6, 6.07) is 5.97. The van der Waals surface area contributed by atoms with Gasteiger partial charge in [-0.25, -0.2) is 0 Å². The van der Waals surface area contributed by atoms with Crippen molar-refractivity contribution < 1.29 is 9.53 Å². The Morgan fingerprint density at radius 2 is 1.80 bits per heavy atom. The first-order chi connectivity index (χ1) is 9.59. The Bertz CT molecular complexity index is 462. The van der Waals surface area contributed by atoms with E-state index in [4.69, 9.17) is 4.74 Å². The van der Waals surface area contributed by atoms with Crippen LogP contribution >= 0.6 is 0 Å². The Hall–Kier alpha value is -1.51. The first kappa shape index (κ1) is 14.9. The Morgan fingerprint density at radius 1 is 1.15 bits per heavy atom. The van der Waals surface area contributed by atoms with E-state index in [2.05, 4.69) is 13.0 Å². The van der Waals surface area contributed by atoms with E-state index in [0.29, 0.717) is 0 Å². The van der Waals surface area contributed by atoms with Gasteiger partial charge in [0.05, 0.1) is 0 Å². The smallest absolute Gasteiger partial charge is 0.263 e. The van der Waals surface area contributed by atoms with Gasteiger partial charge in [-0.3, -0.25) is 4.79 Å². The number of hydrogen-bond acceptors (Lipinski definition) is 2. The van der Waals surface area contributed by atoms with E-state index >= 15 is 0 Å². The van der Waals surface area contributed by atoms with E-state index < -0.39 is 6.10 Å². The molecule has 0 bridgehead atoms. The zero-order valence-corrected chi connectivity index (χ0v) is 12.8. The minimum Gasteiger partial charge on any atom is -0.481 e. The highest BCUT2D eigenvalue weighted by Gasteiger charge is 2.23. The summed E-state index contributed by atoms with van der Waals surface area (Å²) in [5.41, 5.74) is 2.31. The van der Waals surface area contributed by atoms with Crippen molar-refractivity contribution in [2.75, 3.05) is 13.1 Å². The fraction of sp³-hybridized carbons (Fsp3) is 0.588. The van der Waals surface area contributed by atoms with Crippen LogP contribution in [-0.2, 0) is 4.79 Å². The molecular weight excluding hydrogens is 250 g/mol. The molecule has 1 saturated heterocycles. The molecule has 1 fully saturated rings. The van der Waals surface area contributed by atoms with E-state index in [1.165, 1.54) is 18.4 Å². The number of nitrogens with zero attached hydrogens (tertiary/aromatic N) is 1. The largest absolute Gasteiger partial charge is 0.481 e. The SMILES string of the molecule is Cc1cccc(OC(C)C(=O)N2CCCCCC2)c1C. The molecule has 0 spiro atoms. The van der Waals surface area contributed by atoms with Gasteiger partial charge in [-0.2, -0.15) is 0 Å². The molecule has 0 aromatic heterocycles. The highest BCUT2D eigenvalue weighted by molar-refractivity contribution is 5.81. The van der Waals surface area contributed by atoms with Crippen LogP contribution in [0.5, 0.6) is 5.75 Å². The number of likely N-dealkylation sites (tertiary alicyclic amines) is 1. The summed E-state index contributed by atoms with van der Waals surface area (Å²) in [7, 11) is 0. The lowest BCUT2D eigenvalue weighted by molar-refractivity contribution is -0.137. The van der Waals surface area contributed by atoms with Crippen LogP contribution in [0.4, 0.5) is 0 Å². The van der Waals surface area contributed by atoms with Crippen molar-refractivity contribution in [1.29, 1.82) is 0 Å². The van der Waals surface area contributed by atoms with Crippen LogP contribution in [0.25, 0.3) is 0 Å². The van der Waals surface area contributed by atoms with Crippen molar-refractivity contribution in [2.24, 2.45) is 0 Å². The maximum atomic E-state index is 12.5. The number of hydrogen-bond donors (Lipinski definition) is 0. The van der Waals surface area contributed by atoms with E-state index in [9.17, 15) is 4.79 Å². The Kier molecular flexibility index (Phi) is 5.05. The third kappa shape index (κ3) is 3.53. The number of aryl methyl sites for hydroxylation is 1. The Morgan fingerprint density at radius 3 is 2.45 bits per heavy atom. The van der Waals surface area contributed by atoms with Crippen LogP contribution < -0.4 is 4.74 Å².